The minimum absolute atomic E-state index is 0.0995. The molecule has 2 fully saturated rings. The van der Waals surface area contributed by atoms with E-state index >= 15 is 0 Å². The number of hydrogen-bond donors (Lipinski definition) is 2. The number of amides is 1. The fourth-order valence-corrected chi connectivity index (χ4v) is 5.64. The molecule has 1 aromatic rings. The van der Waals surface area contributed by atoms with E-state index in [-0.39, 0.29) is 11.9 Å². The van der Waals surface area contributed by atoms with Crippen molar-refractivity contribution >= 4 is 15.9 Å². The van der Waals surface area contributed by atoms with Crippen molar-refractivity contribution in [3.8, 4) is 0 Å². The van der Waals surface area contributed by atoms with Crippen molar-refractivity contribution in [1.82, 2.24) is 9.62 Å². The number of nitrogens with one attached hydrogen (secondary N) is 2. The lowest BCUT2D eigenvalue weighted by Crippen LogP contribution is -3.19. The highest BCUT2D eigenvalue weighted by Crippen LogP contribution is 2.20. The molecule has 28 heavy (non-hydrogen) atoms. The second-order valence-corrected chi connectivity index (χ2v) is 10.4. The number of carbonyl (C=O) groups excluding carboxylic acids is 1. The van der Waals surface area contributed by atoms with Gasteiger partial charge in [0.2, 0.25) is 10.0 Å². The maximum atomic E-state index is 12.9. The second-order valence-electron chi connectivity index (χ2n) is 8.50. The molecule has 0 bridgehead atoms. The maximum Gasteiger partial charge on any atom is 0.278 e. The van der Waals surface area contributed by atoms with Gasteiger partial charge in [-0.25, -0.2) is 8.42 Å². The summed E-state index contributed by atoms with van der Waals surface area (Å²) in [5, 5.41) is 3.17. The molecule has 0 aromatic heterocycles. The summed E-state index contributed by atoms with van der Waals surface area (Å²) in [4.78, 5) is 14.0. The van der Waals surface area contributed by atoms with Crippen LogP contribution in [0.4, 0.5) is 0 Å². The Bertz CT molecular complexity index is 763. The Labute approximate surface area is 169 Å². The lowest BCUT2D eigenvalue weighted by molar-refractivity contribution is -0.917. The van der Waals surface area contributed by atoms with E-state index in [1.54, 1.807) is 16.4 Å². The predicted molar refractivity (Wildman–Crippen MR) is 110 cm³/mol. The fraction of sp³-hybridized carbons (Fsp3) is 0.667. The Kier molecular flexibility index (Phi) is 6.78. The molecule has 0 radical (unpaired) electrons. The Morgan fingerprint density at radius 3 is 2.18 bits per heavy atom. The first-order valence-corrected chi connectivity index (χ1v) is 12.0. The maximum absolute atomic E-state index is 12.9. The summed E-state index contributed by atoms with van der Waals surface area (Å²) in [5.74, 6) is 0.475. The molecule has 6 nitrogen and oxygen atoms in total. The van der Waals surface area contributed by atoms with Crippen LogP contribution in [0.15, 0.2) is 29.2 Å². The first-order valence-electron chi connectivity index (χ1n) is 10.5. The average molecular weight is 409 g/mol. The van der Waals surface area contributed by atoms with E-state index in [4.69, 9.17) is 0 Å². The lowest BCUT2D eigenvalue weighted by Gasteiger charge is -2.34. The van der Waals surface area contributed by atoms with Gasteiger partial charge in [-0.05, 0) is 43.4 Å². The van der Waals surface area contributed by atoms with Gasteiger partial charge in [0, 0.05) is 6.04 Å². The molecule has 1 heterocycles. The summed E-state index contributed by atoms with van der Waals surface area (Å²) < 4.78 is 27.5. The van der Waals surface area contributed by atoms with Gasteiger partial charge in [-0.2, -0.15) is 4.31 Å². The van der Waals surface area contributed by atoms with Crippen LogP contribution in [0.3, 0.4) is 0 Å². The molecule has 0 unspecified atom stereocenters. The number of quaternary nitrogens is 1. The van der Waals surface area contributed by atoms with Crippen LogP contribution < -0.4 is 10.2 Å². The molecule has 1 saturated heterocycles. The van der Waals surface area contributed by atoms with Gasteiger partial charge < -0.3 is 10.2 Å². The van der Waals surface area contributed by atoms with Crippen LogP contribution in [-0.4, -0.2) is 56.9 Å². The number of nitrogens with zero attached hydrogens (tertiary/aromatic N) is 1. The minimum atomic E-state index is -3.47. The standard InChI is InChI=1S/C21H33N3O3S/c1-16(2)18-8-10-20(11-9-18)28(26,27)24-14-12-23(13-15-24)17(3)21(25)22-19-6-4-5-7-19/h8-11,16-17,19H,4-7,12-15H2,1-3H3,(H,22,25)/p+1/t17-/m0/s1. The van der Waals surface area contributed by atoms with Crippen molar-refractivity contribution < 1.29 is 18.1 Å². The fourth-order valence-electron chi connectivity index (χ4n) is 4.20. The third-order valence-corrected chi connectivity index (χ3v) is 8.17. The van der Waals surface area contributed by atoms with Crippen LogP contribution in [0.2, 0.25) is 0 Å². The lowest BCUT2D eigenvalue weighted by atomic mass is 10.0. The smallest absolute Gasteiger partial charge is 0.278 e. The first-order chi connectivity index (χ1) is 13.3. The molecule has 2 N–H and O–H groups in total. The number of hydrogen-bond acceptors (Lipinski definition) is 3. The number of benzene rings is 1. The van der Waals surface area contributed by atoms with Crippen LogP contribution >= 0.6 is 0 Å². The molecular formula is C21H34N3O3S+. The SMILES string of the molecule is CC(C)c1ccc(S(=O)(=O)N2CC[NH+]([C@@H](C)C(=O)NC3CCCC3)CC2)cc1. The monoisotopic (exact) mass is 408 g/mol. The van der Waals surface area contributed by atoms with Crippen LogP contribution in [-0.2, 0) is 14.8 Å². The zero-order valence-electron chi connectivity index (χ0n) is 17.3. The zero-order chi connectivity index (χ0) is 20.3. The van der Waals surface area contributed by atoms with Gasteiger partial charge in [-0.15, -0.1) is 0 Å². The van der Waals surface area contributed by atoms with E-state index in [1.165, 1.54) is 12.8 Å². The Morgan fingerprint density at radius 1 is 1.07 bits per heavy atom. The van der Waals surface area contributed by atoms with Crippen molar-refractivity contribution in [2.75, 3.05) is 26.2 Å². The van der Waals surface area contributed by atoms with E-state index in [9.17, 15) is 13.2 Å². The third-order valence-electron chi connectivity index (χ3n) is 6.26. The van der Waals surface area contributed by atoms with Gasteiger partial charge in [0.1, 0.15) is 0 Å². The molecule has 1 amide bonds. The molecule has 1 aliphatic carbocycles. The summed E-state index contributed by atoms with van der Waals surface area (Å²) in [6, 6.07) is 7.40. The minimum Gasteiger partial charge on any atom is -0.348 e. The van der Waals surface area contributed by atoms with Crippen LogP contribution in [0.5, 0.6) is 0 Å². The molecule has 2 aliphatic rings. The van der Waals surface area contributed by atoms with Gasteiger partial charge in [0.25, 0.3) is 5.91 Å². The topological polar surface area (TPSA) is 70.9 Å². The highest BCUT2D eigenvalue weighted by Gasteiger charge is 2.35. The van der Waals surface area contributed by atoms with Gasteiger partial charge in [0.15, 0.2) is 6.04 Å². The normalized spacial score (nSPS) is 21.1. The average Bonchev–Trinajstić information content (AvgIpc) is 3.20. The summed E-state index contributed by atoms with van der Waals surface area (Å²) in [5.41, 5.74) is 1.13. The Balaban J connectivity index is 1.56. The van der Waals surface area contributed by atoms with Gasteiger partial charge in [0.05, 0.1) is 31.1 Å². The van der Waals surface area contributed by atoms with Gasteiger partial charge in [-0.1, -0.05) is 38.8 Å². The van der Waals surface area contributed by atoms with E-state index in [0.29, 0.717) is 43.0 Å². The first kappa shape index (κ1) is 21.3. The van der Waals surface area contributed by atoms with Crippen molar-refractivity contribution in [2.24, 2.45) is 0 Å². The molecule has 3 rings (SSSR count). The van der Waals surface area contributed by atoms with Crippen molar-refractivity contribution in [2.45, 2.75) is 69.4 Å². The van der Waals surface area contributed by atoms with E-state index in [1.807, 2.05) is 19.1 Å². The number of carbonyl (C=O) groups is 1. The van der Waals surface area contributed by atoms with E-state index < -0.39 is 10.0 Å². The number of rotatable bonds is 6. The molecular weight excluding hydrogens is 374 g/mol. The summed E-state index contributed by atoms with van der Waals surface area (Å²) in [6.07, 6.45) is 4.55. The highest BCUT2D eigenvalue weighted by atomic mass is 32.2. The van der Waals surface area contributed by atoms with Crippen LogP contribution in [0.25, 0.3) is 0 Å². The van der Waals surface area contributed by atoms with E-state index in [2.05, 4.69) is 19.2 Å². The van der Waals surface area contributed by atoms with Crippen molar-refractivity contribution in [3.05, 3.63) is 29.8 Å². The summed E-state index contributed by atoms with van der Waals surface area (Å²) in [6.45, 7) is 8.35. The number of sulfonamides is 1. The second kappa shape index (κ2) is 8.93. The summed E-state index contributed by atoms with van der Waals surface area (Å²) in [7, 11) is -3.47. The predicted octanol–water partition coefficient (Wildman–Crippen LogP) is 1.15. The Hall–Kier alpha value is -1.44. The number of piperazine rings is 1. The quantitative estimate of drug-likeness (QED) is 0.742. The molecule has 156 valence electrons. The van der Waals surface area contributed by atoms with E-state index in [0.717, 1.165) is 23.3 Å². The molecule has 1 aromatic carbocycles. The molecule has 7 heteroatoms. The molecule has 1 aliphatic heterocycles. The van der Waals surface area contributed by atoms with Crippen LogP contribution in [0.1, 0.15) is 57.9 Å². The molecule has 1 saturated carbocycles. The van der Waals surface area contributed by atoms with Crippen molar-refractivity contribution in [1.29, 1.82) is 0 Å². The van der Waals surface area contributed by atoms with Crippen molar-refractivity contribution in [3.63, 3.8) is 0 Å². The third kappa shape index (κ3) is 4.75. The zero-order valence-corrected chi connectivity index (χ0v) is 18.1. The van der Waals surface area contributed by atoms with Gasteiger partial charge in [-0.3, -0.25) is 4.79 Å². The largest absolute Gasteiger partial charge is 0.348 e. The Morgan fingerprint density at radius 2 is 1.64 bits per heavy atom. The van der Waals surface area contributed by atoms with Crippen LogP contribution in [0, 0.1) is 0 Å². The van der Waals surface area contributed by atoms with Gasteiger partial charge >= 0.3 is 0 Å². The summed E-state index contributed by atoms with van der Waals surface area (Å²) >= 11 is 0. The molecule has 0 spiro atoms. The molecule has 1 atom stereocenters. The highest BCUT2D eigenvalue weighted by molar-refractivity contribution is 7.89.